The average molecular weight is 964 g/mol. The molecule has 0 rings (SSSR count). The molecule has 69 heavy (non-hydrogen) atoms. The highest BCUT2D eigenvalue weighted by Crippen LogP contribution is 2.15. The third-order valence-corrected chi connectivity index (χ3v) is 12.7. The van der Waals surface area contributed by atoms with Crippen LogP contribution in [0.3, 0.4) is 0 Å². The van der Waals surface area contributed by atoms with E-state index >= 15 is 0 Å². The van der Waals surface area contributed by atoms with E-state index < -0.39 is 6.10 Å². The van der Waals surface area contributed by atoms with Gasteiger partial charge in [-0.25, -0.2) is 0 Å². The highest BCUT2D eigenvalue weighted by Gasteiger charge is 2.19. The maximum absolute atomic E-state index is 12.9. The Bertz CT molecular complexity index is 1290. The molecule has 0 saturated heterocycles. The molecule has 6 nitrogen and oxygen atoms in total. The van der Waals surface area contributed by atoms with Crippen molar-refractivity contribution in [1.29, 1.82) is 0 Å². The molecular weight excluding hydrogens is 853 g/mol. The molecule has 0 saturated carbocycles. The first-order valence-corrected chi connectivity index (χ1v) is 29.4. The number of unbranched alkanes of at least 4 members (excludes halogenated alkanes) is 30. The Kier molecular flexibility index (Phi) is 54.8. The van der Waals surface area contributed by atoms with E-state index in [4.69, 9.17) is 14.2 Å². The van der Waals surface area contributed by atoms with Gasteiger partial charge in [-0.3, -0.25) is 14.4 Å². The molecule has 6 heteroatoms. The van der Waals surface area contributed by atoms with Crippen molar-refractivity contribution in [3.63, 3.8) is 0 Å². The van der Waals surface area contributed by atoms with Gasteiger partial charge in [-0.15, -0.1) is 0 Å². The minimum Gasteiger partial charge on any atom is -0.462 e. The number of allylic oxidation sites excluding steroid dienone is 12. The summed E-state index contributed by atoms with van der Waals surface area (Å²) in [4.78, 5) is 38.2. The van der Waals surface area contributed by atoms with Crippen molar-refractivity contribution in [2.75, 3.05) is 13.2 Å². The molecule has 0 aliphatic carbocycles. The van der Waals surface area contributed by atoms with Gasteiger partial charge < -0.3 is 14.2 Å². The summed E-state index contributed by atoms with van der Waals surface area (Å²) in [6.07, 6.45) is 73.2. The molecule has 0 fully saturated rings. The first-order chi connectivity index (χ1) is 34.0. The number of hydrogen-bond acceptors (Lipinski definition) is 6. The van der Waals surface area contributed by atoms with Gasteiger partial charge in [-0.1, -0.05) is 235 Å². The molecule has 398 valence electrons. The van der Waals surface area contributed by atoms with Crippen LogP contribution in [0, 0.1) is 0 Å². The molecule has 0 amide bonds. The van der Waals surface area contributed by atoms with Gasteiger partial charge in [0.1, 0.15) is 13.2 Å². The zero-order valence-electron chi connectivity index (χ0n) is 45.6. The topological polar surface area (TPSA) is 78.9 Å². The highest BCUT2D eigenvalue weighted by atomic mass is 16.6. The van der Waals surface area contributed by atoms with Crippen LogP contribution >= 0.6 is 0 Å². The van der Waals surface area contributed by atoms with E-state index in [0.717, 1.165) is 103 Å². The van der Waals surface area contributed by atoms with Crippen LogP contribution in [-0.2, 0) is 28.6 Å². The second kappa shape index (κ2) is 57.4. The summed E-state index contributed by atoms with van der Waals surface area (Å²) in [5.74, 6) is -0.900. The number of esters is 3. The van der Waals surface area contributed by atoms with Crippen molar-refractivity contribution in [3.05, 3.63) is 72.9 Å². The number of hydrogen-bond donors (Lipinski definition) is 0. The summed E-state index contributed by atoms with van der Waals surface area (Å²) in [5.41, 5.74) is 0. The summed E-state index contributed by atoms with van der Waals surface area (Å²) in [6.45, 7) is 6.50. The fourth-order valence-corrected chi connectivity index (χ4v) is 8.25. The minimum atomic E-state index is -0.787. The van der Waals surface area contributed by atoms with Gasteiger partial charge in [0.2, 0.25) is 0 Å². The van der Waals surface area contributed by atoms with Gasteiger partial charge >= 0.3 is 17.9 Å². The normalized spacial score (nSPS) is 12.6. The number of carbonyl (C=O) groups excluding carboxylic acids is 3. The molecule has 0 N–H and O–H groups in total. The molecule has 0 aromatic rings. The third-order valence-electron chi connectivity index (χ3n) is 12.7. The largest absolute Gasteiger partial charge is 0.462 e. The molecule has 0 heterocycles. The van der Waals surface area contributed by atoms with Crippen molar-refractivity contribution < 1.29 is 28.6 Å². The Morgan fingerprint density at radius 2 is 0.565 bits per heavy atom. The summed E-state index contributed by atoms with van der Waals surface area (Å²) in [5, 5.41) is 0. The zero-order chi connectivity index (χ0) is 50.0. The lowest BCUT2D eigenvalue weighted by atomic mass is 10.1. The van der Waals surface area contributed by atoms with Crippen molar-refractivity contribution >= 4 is 17.9 Å². The van der Waals surface area contributed by atoms with Crippen LogP contribution in [0.4, 0.5) is 0 Å². The van der Waals surface area contributed by atoms with E-state index in [1.54, 1.807) is 0 Å². The Balaban J connectivity index is 4.40. The molecule has 1 atom stereocenters. The Labute approximate surface area is 427 Å². The van der Waals surface area contributed by atoms with E-state index in [1.807, 2.05) is 0 Å². The lowest BCUT2D eigenvalue weighted by Crippen LogP contribution is -2.30. The van der Waals surface area contributed by atoms with Gasteiger partial charge in [0.25, 0.3) is 0 Å². The van der Waals surface area contributed by atoms with Crippen LogP contribution in [0.2, 0.25) is 0 Å². The molecule has 0 radical (unpaired) electrons. The van der Waals surface area contributed by atoms with E-state index in [2.05, 4.69) is 93.7 Å². The van der Waals surface area contributed by atoms with Crippen LogP contribution in [0.1, 0.15) is 290 Å². The Morgan fingerprint density at radius 3 is 0.928 bits per heavy atom. The summed E-state index contributed by atoms with van der Waals surface area (Å²) in [6, 6.07) is 0. The highest BCUT2D eigenvalue weighted by molar-refractivity contribution is 5.71. The second-order valence-electron chi connectivity index (χ2n) is 19.5. The van der Waals surface area contributed by atoms with Crippen LogP contribution in [0.15, 0.2) is 72.9 Å². The molecule has 0 bridgehead atoms. The smallest absolute Gasteiger partial charge is 0.306 e. The van der Waals surface area contributed by atoms with Crippen LogP contribution in [-0.4, -0.2) is 37.2 Å². The van der Waals surface area contributed by atoms with Crippen molar-refractivity contribution in [1.82, 2.24) is 0 Å². The maximum atomic E-state index is 12.9. The predicted octanol–water partition coefficient (Wildman–Crippen LogP) is 19.8. The SMILES string of the molecule is CC/C=C\C/C=C\C/C=C\CCCCCCCC(=O)OCC(COC(=O)CCCCCCCCCCC/C=C\C/C=C\CCCCC)OC(=O)CCCCCCCCC/C=C\CCCCCCCC. The first kappa shape index (κ1) is 65.8. The standard InChI is InChI=1S/C63H110O6/c1-4-7-10-13-16-19-22-25-28-30-31-33-35-38-41-44-47-50-53-56-62(65)68-59-60(58-67-61(64)55-52-49-46-43-40-37-34-27-24-21-18-15-12-9-6-3)69-63(66)57-54-51-48-45-42-39-36-32-29-26-23-20-17-14-11-8-5-2/h9,12,16,18-19,21,25-29,34,60H,4-8,10-11,13-15,17,20,22-24,30-33,35-59H2,1-3H3/b12-9-,19-16-,21-18-,28-25-,29-26-,34-27-. The number of ether oxygens (including phenoxy) is 3. The van der Waals surface area contributed by atoms with Crippen LogP contribution < -0.4 is 0 Å². The molecule has 0 aromatic heterocycles. The van der Waals surface area contributed by atoms with Gasteiger partial charge in [-0.05, 0) is 109 Å². The molecule has 0 spiro atoms. The lowest BCUT2D eigenvalue weighted by molar-refractivity contribution is -0.167. The Morgan fingerprint density at radius 1 is 0.304 bits per heavy atom. The van der Waals surface area contributed by atoms with E-state index in [1.165, 1.54) is 148 Å². The minimum absolute atomic E-state index is 0.0842. The van der Waals surface area contributed by atoms with Crippen molar-refractivity contribution in [2.45, 2.75) is 297 Å². The monoisotopic (exact) mass is 963 g/mol. The lowest BCUT2D eigenvalue weighted by Gasteiger charge is -2.18. The fraction of sp³-hybridized carbons (Fsp3) is 0.762. The first-order valence-electron chi connectivity index (χ1n) is 29.4. The average Bonchev–Trinajstić information content (AvgIpc) is 3.35. The molecule has 0 aliphatic heterocycles. The fourth-order valence-electron chi connectivity index (χ4n) is 8.25. The van der Waals surface area contributed by atoms with Crippen LogP contribution in [0.25, 0.3) is 0 Å². The third kappa shape index (κ3) is 55.6. The second-order valence-corrected chi connectivity index (χ2v) is 19.5. The van der Waals surface area contributed by atoms with Gasteiger partial charge in [0.15, 0.2) is 6.10 Å². The molecule has 1 unspecified atom stereocenters. The number of carbonyl (C=O) groups is 3. The van der Waals surface area contributed by atoms with E-state index in [9.17, 15) is 14.4 Å². The van der Waals surface area contributed by atoms with Gasteiger partial charge in [0, 0.05) is 19.3 Å². The number of rotatable bonds is 53. The molecule has 0 aliphatic rings. The molecular formula is C63H110O6. The van der Waals surface area contributed by atoms with E-state index in [0.29, 0.717) is 19.3 Å². The predicted molar refractivity (Wildman–Crippen MR) is 298 cm³/mol. The summed E-state index contributed by atoms with van der Waals surface area (Å²) in [7, 11) is 0. The van der Waals surface area contributed by atoms with Crippen molar-refractivity contribution in [3.8, 4) is 0 Å². The zero-order valence-corrected chi connectivity index (χ0v) is 45.6. The molecule has 0 aromatic carbocycles. The summed E-state index contributed by atoms with van der Waals surface area (Å²) >= 11 is 0. The van der Waals surface area contributed by atoms with E-state index in [-0.39, 0.29) is 31.1 Å². The quantitative estimate of drug-likeness (QED) is 0.0262. The van der Waals surface area contributed by atoms with Gasteiger partial charge in [0.05, 0.1) is 0 Å². The Hall–Kier alpha value is -3.15. The maximum Gasteiger partial charge on any atom is 0.306 e. The van der Waals surface area contributed by atoms with Gasteiger partial charge in [-0.2, -0.15) is 0 Å². The van der Waals surface area contributed by atoms with Crippen molar-refractivity contribution in [2.24, 2.45) is 0 Å². The summed E-state index contributed by atoms with van der Waals surface area (Å²) < 4.78 is 16.9. The van der Waals surface area contributed by atoms with Crippen LogP contribution in [0.5, 0.6) is 0 Å².